The molecule has 1 amide bonds. The number of rotatable bonds is 9. The zero-order chi connectivity index (χ0) is 17.5. The van der Waals surface area contributed by atoms with Crippen molar-refractivity contribution in [2.24, 2.45) is 0 Å². The summed E-state index contributed by atoms with van der Waals surface area (Å²) in [5.74, 6) is -0.510. The van der Waals surface area contributed by atoms with Gasteiger partial charge in [0.05, 0.1) is 22.3 Å². The first-order valence-electron chi connectivity index (χ1n) is 7.12. The molecule has 0 unspecified atom stereocenters. The summed E-state index contributed by atoms with van der Waals surface area (Å²) in [7, 11) is -3.30. The van der Waals surface area contributed by atoms with Gasteiger partial charge in [-0.1, -0.05) is 12.1 Å². The quantitative estimate of drug-likeness (QED) is 0.646. The normalized spacial score (nSPS) is 11.4. The van der Waals surface area contributed by atoms with E-state index in [1.165, 1.54) is 23.9 Å². The van der Waals surface area contributed by atoms with Crippen LogP contribution in [0, 0.1) is 0 Å². The number of aliphatic carboxylic acids is 1. The highest BCUT2D eigenvalue weighted by Gasteiger charge is 2.18. The fourth-order valence-electron chi connectivity index (χ4n) is 1.74. The van der Waals surface area contributed by atoms with E-state index in [0.29, 0.717) is 12.3 Å². The number of nitrogens with one attached hydrogen (secondary N) is 1. The molecule has 128 valence electrons. The number of sulfone groups is 1. The van der Waals surface area contributed by atoms with Crippen LogP contribution in [0.4, 0.5) is 0 Å². The van der Waals surface area contributed by atoms with Gasteiger partial charge in [0.1, 0.15) is 0 Å². The maximum Gasteiger partial charge on any atom is 0.313 e. The number of hydrogen-bond donors (Lipinski definition) is 2. The van der Waals surface area contributed by atoms with Gasteiger partial charge >= 0.3 is 5.97 Å². The van der Waals surface area contributed by atoms with Crippen LogP contribution in [-0.2, 0) is 25.8 Å². The van der Waals surface area contributed by atoms with Gasteiger partial charge in [0.25, 0.3) is 0 Å². The second-order valence-corrected chi connectivity index (χ2v) is 8.82. The molecule has 1 aromatic carbocycles. The second-order valence-electron chi connectivity index (χ2n) is 5.21. The molecule has 8 heteroatoms. The van der Waals surface area contributed by atoms with E-state index in [1.807, 2.05) is 0 Å². The lowest BCUT2D eigenvalue weighted by atomic mass is 10.1. The first-order valence-corrected chi connectivity index (χ1v) is 9.82. The Morgan fingerprint density at radius 3 is 2.35 bits per heavy atom. The molecule has 0 spiro atoms. The van der Waals surface area contributed by atoms with Gasteiger partial charge in [-0.2, -0.15) is 0 Å². The number of carbonyl (C=O) groups is 2. The Morgan fingerprint density at radius 1 is 1.22 bits per heavy atom. The smallest absolute Gasteiger partial charge is 0.313 e. The number of carboxylic acid groups (broad SMARTS) is 1. The Bertz CT molecular complexity index is 638. The van der Waals surface area contributed by atoms with Gasteiger partial charge in [-0.3, -0.25) is 9.59 Å². The monoisotopic (exact) mass is 359 g/mol. The molecule has 0 aliphatic rings. The van der Waals surface area contributed by atoms with Crippen molar-refractivity contribution in [2.75, 3.05) is 18.1 Å². The Balaban J connectivity index is 2.46. The summed E-state index contributed by atoms with van der Waals surface area (Å²) in [5.41, 5.74) is 0.725. The van der Waals surface area contributed by atoms with Crippen LogP contribution in [0.25, 0.3) is 0 Å². The predicted molar refractivity (Wildman–Crippen MR) is 90.4 cm³/mol. The molecule has 0 aliphatic carbocycles. The van der Waals surface area contributed by atoms with E-state index in [1.54, 1.807) is 26.0 Å². The van der Waals surface area contributed by atoms with Gasteiger partial charge in [0.15, 0.2) is 9.84 Å². The van der Waals surface area contributed by atoms with Gasteiger partial charge in [-0.05, 0) is 31.5 Å². The summed E-state index contributed by atoms with van der Waals surface area (Å²) in [4.78, 5) is 22.3. The molecule has 0 atom stereocenters. The van der Waals surface area contributed by atoms with E-state index in [2.05, 4.69) is 5.32 Å². The maximum absolute atomic E-state index is 12.0. The van der Waals surface area contributed by atoms with E-state index in [0.717, 1.165) is 5.56 Å². The summed E-state index contributed by atoms with van der Waals surface area (Å²) < 4.78 is 24.0. The van der Waals surface area contributed by atoms with Crippen molar-refractivity contribution >= 4 is 33.5 Å². The van der Waals surface area contributed by atoms with Crippen LogP contribution in [0.2, 0.25) is 0 Å². The zero-order valence-corrected chi connectivity index (χ0v) is 14.7. The van der Waals surface area contributed by atoms with Crippen molar-refractivity contribution in [1.29, 1.82) is 0 Å². The topological polar surface area (TPSA) is 101 Å². The van der Waals surface area contributed by atoms with Crippen molar-refractivity contribution in [1.82, 2.24) is 5.32 Å². The lowest BCUT2D eigenvalue weighted by molar-refractivity contribution is -0.133. The fraction of sp³-hybridized carbons (Fsp3) is 0.467. The number of carbonyl (C=O) groups excluding carboxylic acids is 1. The number of benzene rings is 1. The molecule has 0 fully saturated rings. The van der Waals surface area contributed by atoms with Gasteiger partial charge in [-0.25, -0.2) is 8.42 Å². The highest BCUT2D eigenvalue weighted by molar-refractivity contribution is 7.99. The third-order valence-corrected chi connectivity index (χ3v) is 6.15. The largest absolute Gasteiger partial charge is 0.481 e. The lowest BCUT2D eigenvalue weighted by Gasteiger charge is -2.09. The van der Waals surface area contributed by atoms with Gasteiger partial charge in [-0.15, -0.1) is 11.8 Å². The summed E-state index contributed by atoms with van der Waals surface area (Å²) in [5, 5.41) is 10.7. The molecule has 23 heavy (non-hydrogen) atoms. The molecule has 0 aromatic heterocycles. The highest BCUT2D eigenvalue weighted by atomic mass is 32.2. The summed E-state index contributed by atoms with van der Waals surface area (Å²) in [6.45, 7) is 3.65. The van der Waals surface area contributed by atoms with Crippen molar-refractivity contribution < 1.29 is 23.1 Å². The molecule has 1 aromatic rings. The van der Waals surface area contributed by atoms with Crippen LogP contribution < -0.4 is 5.32 Å². The molecule has 0 saturated heterocycles. The van der Waals surface area contributed by atoms with E-state index in [4.69, 9.17) is 5.11 Å². The van der Waals surface area contributed by atoms with Crippen molar-refractivity contribution in [3.63, 3.8) is 0 Å². The van der Waals surface area contributed by atoms with Crippen molar-refractivity contribution in [3.05, 3.63) is 29.8 Å². The van der Waals surface area contributed by atoms with Crippen LogP contribution in [-0.4, -0.2) is 48.7 Å². The van der Waals surface area contributed by atoms with E-state index >= 15 is 0 Å². The minimum Gasteiger partial charge on any atom is -0.481 e. The third-order valence-electron chi connectivity index (χ3n) is 3.03. The van der Waals surface area contributed by atoms with E-state index < -0.39 is 21.1 Å². The number of hydrogen-bond acceptors (Lipinski definition) is 5. The summed E-state index contributed by atoms with van der Waals surface area (Å²) in [6, 6.07) is 6.29. The summed E-state index contributed by atoms with van der Waals surface area (Å²) >= 11 is 1.24. The molecular weight excluding hydrogens is 338 g/mol. The molecule has 0 aliphatic heterocycles. The molecule has 1 rings (SSSR count). The molecule has 0 bridgehead atoms. The van der Waals surface area contributed by atoms with Crippen molar-refractivity contribution in [3.8, 4) is 0 Å². The average Bonchev–Trinajstić information content (AvgIpc) is 2.47. The summed E-state index contributed by atoms with van der Waals surface area (Å²) in [6.07, 6.45) is 0.158. The molecule has 2 N–H and O–H groups in total. The second kappa shape index (κ2) is 8.93. The van der Waals surface area contributed by atoms with Crippen LogP contribution in [0.1, 0.15) is 19.4 Å². The Labute approximate surface area is 140 Å². The Hall–Kier alpha value is -1.54. The fourth-order valence-corrected chi connectivity index (χ4v) is 3.36. The molecule has 0 heterocycles. The number of amides is 1. The van der Waals surface area contributed by atoms with Gasteiger partial charge in [0.2, 0.25) is 5.91 Å². The lowest BCUT2D eigenvalue weighted by Crippen LogP contribution is -2.27. The van der Waals surface area contributed by atoms with Crippen LogP contribution in [0.5, 0.6) is 0 Å². The first kappa shape index (κ1) is 19.5. The average molecular weight is 359 g/mol. The number of thioether (sulfide) groups is 1. The Kier molecular flexibility index (Phi) is 7.57. The molecular formula is C15H21NO5S2. The van der Waals surface area contributed by atoms with E-state index in [9.17, 15) is 18.0 Å². The van der Waals surface area contributed by atoms with Crippen LogP contribution in [0.3, 0.4) is 0 Å². The van der Waals surface area contributed by atoms with Crippen LogP contribution in [0.15, 0.2) is 29.2 Å². The maximum atomic E-state index is 12.0. The standard InChI is InChI=1S/C15H21NO5S2/c1-11(2)23(20,21)13-5-3-12(4-6-13)9-14(17)16-7-8-22-10-15(18)19/h3-6,11H,7-10H2,1-2H3,(H,16,17)(H,18,19). The highest BCUT2D eigenvalue weighted by Crippen LogP contribution is 2.16. The van der Waals surface area contributed by atoms with Crippen LogP contribution >= 0.6 is 11.8 Å². The molecule has 0 radical (unpaired) electrons. The SMILES string of the molecule is CC(C)S(=O)(=O)c1ccc(CC(=O)NCCSCC(=O)O)cc1. The van der Waals surface area contributed by atoms with Gasteiger partial charge < -0.3 is 10.4 Å². The minimum atomic E-state index is -3.30. The molecule has 6 nitrogen and oxygen atoms in total. The predicted octanol–water partition coefficient (Wildman–Crippen LogP) is 1.35. The zero-order valence-electron chi connectivity index (χ0n) is 13.1. The first-order chi connectivity index (χ1) is 10.7. The van der Waals surface area contributed by atoms with Crippen molar-refractivity contribution in [2.45, 2.75) is 30.4 Å². The third kappa shape index (κ3) is 6.62. The minimum absolute atomic E-state index is 0.0155. The number of carboxylic acids is 1. The van der Waals surface area contributed by atoms with E-state index in [-0.39, 0.29) is 23.0 Å². The Morgan fingerprint density at radius 2 is 1.83 bits per heavy atom. The molecule has 0 saturated carbocycles. The van der Waals surface area contributed by atoms with Gasteiger partial charge in [0, 0.05) is 12.3 Å².